The summed E-state index contributed by atoms with van der Waals surface area (Å²) in [6.07, 6.45) is 0.202. The van der Waals surface area contributed by atoms with Crippen LogP contribution >= 0.6 is 0 Å². The largest absolute Gasteiger partial charge is 0.486 e. The summed E-state index contributed by atoms with van der Waals surface area (Å²) in [5.74, 6) is 0.446. The van der Waals surface area contributed by atoms with E-state index in [-0.39, 0.29) is 12.3 Å². The van der Waals surface area contributed by atoms with Crippen LogP contribution in [0, 0.1) is 6.92 Å². The van der Waals surface area contributed by atoms with Gasteiger partial charge in [-0.05, 0) is 36.2 Å². The molecule has 0 spiro atoms. The minimum absolute atomic E-state index is 0.202. The predicted molar refractivity (Wildman–Crippen MR) is 87.9 cm³/mol. The number of aryl methyl sites for hydroxylation is 1. The van der Waals surface area contributed by atoms with Crippen LogP contribution in [0.2, 0.25) is 0 Å². The number of rotatable bonds is 3. The molecule has 2 N–H and O–H groups in total. The van der Waals surface area contributed by atoms with Gasteiger partial charge in [0.2, 0.25) is 5.91 Å². The summed E-state index contributed by atoms with van der Waals surface area (Å²) in [6.45, 7) is 2.88. The first-order valence-corrected chi connectivity index (χ1v) is 7.67. The van der Waals surface area contributed by atoms with Crippen molar-refractivity contribution in [1.29, 1.82) is 0 Å². The van der Waals surface area contributed by atoms with Crippen LogP contribution in [0.15, 0.2) is 42.5 Å². The number of carbonyl (C=O) groups is 2. The molecule has 0 unspecified atom stereocenters. The van der Waals surface area contributed by atoms with Gasteiger partial charge in [0.05, 0.1) is 6.42 Å². The van der Waals surface area contributed by atoms with Crippen LogP contribution in [0.25, 0.3) is 0 Å². The third kappa shape index (κ3) is 3.65. The van der Waals surface area contributed by atoms with Crippen molar-refractivity contribution in [3.05, 3.63) is 59.2 Å². The van der Waals surface area contributed by atoms with Gasteiger partial charge in [-0.3, -0.25) is 20.4 Å². The van der Waals surface area contributed by atoms with Gasteiger partial charge in [-0.15, -0.1) is 0 Å². The minimum Gasteiger partial charge on any atom is -0.486 e. The first-order valence-electron chi connectivity index (χ1n) is 7.67. The van der Waals surface area contributed by atoms with Gasteiger partial charge in [-0.2, -0.15) is 0 Å². The van der Waals surface area contributed by atoms with Crippen LogP contribution in [0.5, 0.6) is 11.5 Å². The molecule has 2 aromatic rings. The molecule has 2 aromatic carbocycles. The molecule has 0 aliphatic carbocycles. The van der Waals surface area contributed by atoms with E-state index in [4.69, 9.17) is 9.47 Å². The molecule has 6 nitrogen and oxygen atoms in total. The van der Waals surface area contributed by atoms with Gasteiger partial charge in [-0.1, -0.05) is 24.3 Å². The predicted octanol–water partition coefficient (Wildman–Crippen LogP) is 1.77. The Kier molecular flexibility index (Phi) is 4.65. The van der Waals surface area contributed by atoms with Crippen LogP contribution in [-0.2, 0) is 11.2 Å². The zero-order chi connectivity index (χ0) is 16.9. The molecular weight excluding hydrogens is 308 g/mol. The highest BCUT2D eigenvalue weighted by Gasteiger charge is 2.15. The molecule has 1 aliphatic rings. The molecule has 0 fully saturated rings. The number of ether oxygens (including phenoxy) is 2. The minimum atomic E-state index is -0.412. The summed E-state index contributed by atoms with van der Waals surface area (Å²) in [7, 11) is 0. The SMILES string of the molecule is Cc1ccccc1CC(=O)NNC(=O)c1ccc2c(c1)OCCO2. The zero-order valence-corrected chi connectivity index (χ0v) is 13.3. The van der Waals surface area contributed by atoms with Gasteiger partial charge >= 0.3 is 0 Å². The van der Waals surface area contributed by atoms with Crippen molar-refractivity contribution in [1.82, 2.24) is 10.9 Å². The Morgan fingerprint density at radius 3 is 2.54 bits per heavy atom. The maximum Gasteiger partial charge on any atom is 0.269 e. The third-order valence-electron chi connectivity index (χ3n) is 3.73. The van der Waals surface area contributed by atoms with Crippen molar-refractivity contribution >= 4 is 11.8 Å². The molecule has 0 radical (unpaired) electrons. The second kappa shape index (κ2) is 7.04. The molecule has 124 valence electrons. The average molecular weight is 326 g/mol. The second-order valence-electron chi connectivity index (χ2n) is 5.46. The first kappa shape index (κ1) is 15.9. The number of fused-ring (bicyclic) bond motifs is 1. The van der Waals surface area contributed by atoms with Crippen LogP contribution in [0.1, 0.15) is 21.5 Å². The summed E-state index contributed by atoms with van der Waals surface area (Å²) in [4.78, 5) is 24.1. The molecule has 0 saturated carbocycles. The Hall–Kier alpha value is -3.02. The van der Waals surface area contributed by atoms with Crippen molar-refractivity contribution in [3.63, 3.8) is 0 Å². The number of benzene rings is 2. The van der Waals surface area contributed by atoms with Gasteiger partial charge in [-0.25, -0.2) is 0 Å². The first-order chi connectivity index (χ1) is 11.6. The zero-order valence-electron chi connectivity index (χ0n) is 13.3. The molecule has 0 aromatic heterocycles. The molecular formula is C18H18N2O4. The lowest BCUT2D eigenvalue weighted by Gasteiger charge is -2.18. The monoisotopic (exact) mass is 326 g/mol. The van der Waals surface area contributed by atoms with Crippen molar-refractivity contribution in [3.8, 4) is 11.5 Å². The van der Waals surface area contributed by atoms with E-state index in [0.29, 0.717) is 30.3 Å². The number of hydrogen-bond acceptors (Lipinski definition) is 4. The number of hydrazine groups is 1. The van der Waals surface area contributed by atoms with Crippen molar-refractivity contribution in [2.75, 3.05) is 13.2 Å². The molecule has 24 heavy (non-hydrogen) atoms. The van der Waals surface area contributed by atoms with Crippen LogP contribution in [0.3, 0.4) is 0 Å². The van der Waals surface area contributed by atoms with E-state index in [1.54, 1.807) is 18.2 Å². The summed E-state index contributed by atoms with van der Waals surface area (Å²) < 4.78 is 10.8. The summed E-state index contributed by atoms with van der Waals surface area (Å²) in [5, 5.41) is 0. The Morgan fingerprint density at radius 1 is 1.00 bits per heavy atom. The molecule has 1 heterocycles. The van der Waals surface area contributed by atoms with Crippen LogP contribution in [-0.4, -0.2) is 25.0 Å². The molecule has 6 heteroatoms. The topological polar surface area (TPSA) is 76.7 Å². The van der Waals surface area contributed by atoms with Crippen LogP contribution in [0.4, 0.5) is 0 Å². The van der Waals surface area contributed by atoms with Gasteiger partial charge in [0, 0.05) is 5.56 Å². The number of hydrogen-bond donors (Lipinski definition) is 2. The normalized spacial score (nSPS) is 12.4. The number of carbonyl (C=O) groups excluding carboxylic acids is 2. The maximum absolute atomic E-state index is 12.1. The number of nitrogens with one attached hydrogen (secondary N) is 2. The van der Waals surface area contributed by atoms with Gasteiger partial charge in [0.1, 0.15) is 13.2 Å². The fourth-order valence-corrected chi connectivity index (χ4v) is 2.41. The Morgan fingerprint density at radius 2 is 1.75 bits per heavy atom. The summed E-state index contributed by atoms with van der Waals surface area (Å²) >= 11 is 0. The van der Waals surface area contributed by atoms with E-state index >= 15 is 0 Å². The van der Waals surface area contributed by atoms with E-state index in [1.165, 1.54) is 0 Å². The summed E-state index contributed by atoms with van der Waals surface area (Å²) in [6, 6.07) is 12.5. The van der Waals surface area contributed by atoms with Crippen LogP contribution < -0.4 is 20.3 Å². The average Bonchev–Trinajstić information content (AvgIpc) is 2.61. The Balaban J connectivity index is 1.57. The van der Waals surface area contributed by atoms with Crippen molar-refractivity contribution in [2.45, 2.75) is 13.3 Å². The van der Waals surface area contributed by atoms with E-state index in [9.17, 15) is 9.59 Å². The number of amides is 2. The highest BCUT2D eigenvalue weighted by atomic mass is 16.6. The van der Waals surface area contributed by atoms with Gasteiger partial charge < -0.3 is 9.47 Å². The van der Waals surface area contributed by atoms with Crippen molar-refractivity contribution in [2.24, 2.45) is 0 Å². The lowest BCUT2D eigenvalue weighted by atomic mass is 10.1. The standard InChI is InChI=1S/C18H18N2O4/c1-12-4-2-3-5-13(12)11-17(21)19-20-18(22)14-6-7-15-16(10-14)24-9-8-23-15/h2-7,10H,8-9,11H2,1H3,(H,19,21)(H,20,22). The van der Waals surface area contributed by atoms with Gasteiger partial charge in [0.15, 0.2) is 11.5 Å². The van der Waals surface area contributed by atoms with Gasteiger partial charge in [0.25, 0.3) is 5.91 Å². The lowest BCUT2D eigenvalue weighted by molar-refractivity contribution is -0.121. The highest BCUT2D eigenvalue weighted by molar-refractivity contribution is 5.96. The Bertz CT molecular complexity index is 773. The molecule has 3 rings (SSSR count). The van der Waals surface area contributed by atoms with Crippen molar-refractivity contribution < 1.29 is 19.1 Å². The third-order valence-corrected chi connectivity index (χ3v) is 3.73. The Labute approximate surface area is 139 Å². The van der Waals surface area contributed by atoms with E-state index in [0.717, 1.165) is 11.1 Å². The van der Waals surface area contributed by atoms with E-state index in [1.807, 2.05) is 31.2 Å². The second-order valence-corrected chi connectivity index (χ2v) is 5.46. The lowest BCUT2D eigenvalue weighted by Crippen LogP contribution is -2.42. The van der Waals surface area contributed by atoms with E-state index in [2.05, 4.69) is 10.9 Å². The molecule has 0 atom stereocenters. The fourth-order valence-electron chi connectivity index (χ4n) is 2.41. The summed E-state index contributed by atoms with van der Waals surface area (Å²) in [5.41, 5.74) is 7.17. The smallest absolute Gasteiger partial charge is 0.269 e. The highest BCUT2D eigenvalue weighted by Crippen LogP contribution is 2.30. The fraction of sp³-hybridized carbons (Fsp3) is 0.222. The molecule has 1 aliphatic heterocycles. The molecule has 0 saturated heterocycles. The quantitative estimate of drug-likeness (QED) is 0.843. The van der Waals surface area contributed by atoms with E-state index < -0.39 is 5.91 Å². The molecule has 0 bridgehead atoms. The molecule has 2 amide bonds. The maximum atomic E-state index is 12.1.